The lowest BCUT2D eigenvalue weighted by atomic mass is 10.2. The number of nitrogens with one attached hydrogen (secondary N) is 1. The minimum Gasteiger partial charge on any atom is -0.370 e. The van der Waals surface area contributed by atoms with Crippen LogP contribution in [0.25, 0.3) is 0 Å². The number of nitrogens with zero attached hydrogens (tertiary/aromatic N) is 3. The number of hydrogen-bond acceptors (Lipinski definition) is 7. The van der Waals surface area contributed by atoms with Crippen LogP contribution in [0.1, 0.15) is 11.4 Å². The molecule has 27 heavy (non-hydrogen) atoms. The molecule has 2 aromatic rings. The van der Waals surface area contributed by atoms with Crippen LogP contribution >= 0.6 is 34.7 Å². The van der Waals surface area contributed by atoms with Crippen LogP contribution in [-0.2, 0) is 26.0 Å². The first-order chi connectivity index (χ1) is 12.8. The van der Waals surface area contributed by atoms with Crippen LogP contribution in [0.4, 0.5) is 5.13 Å². The van der Waals surface area contributed by atoms with Gasteiger partial charge in [0.25, 0.3) is 10.0 Å². The first kappa shape index (κ1) is 20.3. The quantitative estimate of drug-likeness (QED) is 0.724. The number of benzene rings is 1. The van der Waals surface area contributed by atoms with Gasteiger partial charge in [-0.25, -0.2) is 13.4 Å². The molecule has 146 valence electrons. The summed E-state index contributed by atoms with van der Waals surface area (Å²) in [6.07, 6.45) is 0.421. The van der Waals surface area contributed by atoms with Crippen molar-refractivity contribution in [2.24, 2.45) is 0 Å². The number of hydrogen-bond donors (Lipinski definition) is 1. The van der Waals surface area contributed by atoms with Crippen LogP contribution in [-0.4, -0.2) is 54.9 Å². The summed E-state index contributed by atoms with van der Waals surface area (Å²) in [6.45, 7) is 3.17. The van der Waals surface area contributed by atoms with Crippen molar-refractivity contribution in [2.75, 3.05) is 31.0 Å². The summed E-state index contributed by atoms with van der Waals surface area (Å²) in [4.78, 5) is 17.5. The van der Waals surface area contributed by atoms with Gasteiger partial charge in [-0.2, -0.15) is 4.37 Å². The lowest BCUT2D eigenvalue weighted by Gasteiger charge is -2.26. The third kappa shape index (κ3) is 4.88. The normalized spacial score (nSPS) is 15.2. The van der Waals surface area contributed by atoms with E-state index >= 15 is 0 Å². The Hall–Kier alpha value is -1.46. The standard InChI is InChI=1S/C15H16Cl2N4O4S2/c1-9-6-10(16)7-11(17)14(9)27(23,24)20-15-18-12(19-26-15)2-3-21-4-5-25-8-13(21)22/h6-7H,2-5,8H2,1H3,(H,18,19,20). The van der Waals surface area contributed by atoms with Gasteiger partial charge < -0.3 is 9.64 Å². The summed E-state index contributed by atoms with van der Waals surface area (Å²) >= 11 is 12.9. The SMILES string of the molecule is Cc1cc(Cl)cc(Cl)c1S(=O)(=O)Nc1nc(CCN2CCOCC2=O)ns1. The molecule has 0 radical (unpaired) electrons. The average molecular weight is 451 g/mol. The molecule has 1 aromatic carbocycles. The van der Waals surface area contributed by atoms with E-state index in [0.29, 0.717) is 42.5 Å². The molecule has 3 rings (SSSR count). The Morgan fingerprint density at radius 2 is 2.15 bits per heavy atom. The van der Waals surface area contributed by atoms with Crippen LogP contribution in [0.3, 0.4) is 0 Å². The Morgan fingerprint density at radius 1 is 1.37 bits per heavy atom. The van der Waals surface area contributed by atoms with Gasteiger partial charge in [0, 0.05) is 36.1 Å². The topological polar surface area (TPSA) is 101 Å². The van der Waals surface area contributed by atoms with Crippen molar-refractivity contribution in [3.05, 3.63) is 33.6 Å². The summed E-state index contributed by atoms with van der Waals surface area (Å²) in [5.41, 5.74) is 0.426. The number of anilines is 1. The van der Waals surface area contributed by atoms with Gasteiger partial charge in [0.1, 0.15) is 17.3 Å². The minimum absolute atomic E-state index is 0.0306. The molecule has 8 nitrogen and oxygen atoms in total. The van der Waals surface area contributed by atoms with E-state index in [1.807, 2.05) is 0 Å². The molecule has 0 spiro atoms. The van der Waals surface area contributed by atoms with E-state index in [4.69, 9.17) is 27.9 Å². The van der Waals surface area contributed by atoms with Crippen LogP contribution in [0.15, 0.2) is 17.0 Å². The monoisotopic (exact) mass is 450 g/mol. The smallest absolute Gasteiger partial charge is 0.265 e. The zero-order valence-corrected chi connectivity index (χ0v) is 17.4. The second-order valence-corrected chi connectivity index (χ2v) is 9.05. The Balaban J connectivity index is 1.69. The van der Waals surface area contributed by atoms with Gasteiger partial charge in [-0.15, -0.1) is 0 Å². The van der Waals surface area contributed by atoms with Crippen molar-refractivity contribution in [1.29, 1.82) is 0 Å². The summed E-state index contributed by atoms with van der Waals surface area (Å²) < 4.78 is 36.9. The van der Waals surface area contributed by atoms with Crippen LogP contribution in [0.2, 0.25) is 10.0 Å². The minimum atomic E-state index is -3.94. The zero-order valence-electron chi connectivity index (χ0n) is 14.2. The molecule has 1 fully saturated rings. The lowest BCUT2D eigenvalue weighted by Crippen LogP contribution is -2.42. The maximum absolute atomic E-state index is 12.6. The molecule has 1 aliphatic heterocycles. The average Bonchev–Trinajstić information content (AvgIpc) is 2.99. The summed E-state index contributed by atoms with van der Waals surface area (Å²) in [6, 6.07) is 2.89. The maximum Gasteiger partial charge on any atom is 0.265 e. The Bertz CT molecular complexity index is 941. The second kappa shape index (κ2) is 8.27. The molecule has 1 amide bonds. The van der Waals surface area contributed by atoms with Crippen molar-refractivity contribution in [3.8, 4) is 0 Å². The number of carbonyl (C=O) groups excluding carboxylic acids is 1. The summed E-state index contributed by atoms with van der Waals surface area (Å²) in [5.74, 6) is 0.376. The molecule has 0 aliphatic carbocycles. The summed E-state index contributed by atoms with van der Waals surface area (Å²) in [7, 11) is -3.94. The molecule has 12 heteroatoms. The maximum atomic E-state index is 12.6. The fraction of sp³-hybridized carbons (Fsp3) is 0.400. The predicted octanol–water partition coefficient (Wildman–Crippen LogP) is 2.36. The highest BCUT2D eigenvalue weighted by Crippen LogP contribution is 2.30. The second-order valence-electron chi connectivity index (χ2n) is 5.84. The van der Waals surface area contributed by atoms with E-state index in [0.717, 1.165) is 11.5 Å². The van der Waals surface area contributed by atoms with Gasteiger partial charge in [0.2, 0.25) is 11.0 Å². The van der Waals surface area contributed by atoms with Gasteiger partial charge >= 0.3 is 0 Å². The number of aromatic nitrogens is 2. The van der Waals surface area contributed by atoms with Crippen LogP contribution in [0.5, 0.6) is 0 Å². The first-order valence-electron chi connectivity index (χ1n) is 7.93. The molecule has 1 aliphatic rings. The van der Waals surface area contributed by atoms with Gasteiger partial charge in [0.05, 0.1) is 11.6 Å². The Kier molecular flexibility index (Phi) is 6.21. The molecule has 1 saturated heterocycles. The van der Waals surface area contributed by atoms with Crippen molar-refractivity contribution < 1.29 is 17.9 Å². The largest absolute Gasteiger partial charge is 0.370 e. The highest BCUT2D eigenvalue weighted by atomic mass is 35.5. The van der Waals surface area contributed by atoms with E-state index in [-0.39, 0.29) is 27.6 Å². The molecule has 0 atom stereocenters. The van der Waals surface area contributed by atoms with Gasteiger partial charge in [-0.05, 0) is 24.6 Å². The van der Waals surface area contributed by atoms with E-state index in [1.165, 1.54) is 12.1 Å². The van der Waals surface area contributed by atoms with Crippen LogP contribution in [0, 0.1) is 6.92 Å². The Morgan fingerprint density at radius 3 is 2.85 bits per heavy atom. The van der Waals surface area contributed by atoms with Crippen molar-refractivity contribution in [1.82, 2.24) is 14.3 Å². The molecule has 0 saturated carbocycles. The number of aryl methyl sites for hydroxylation is 1. The third-order valence-corrected chi connectivity index (χ3v) is 6.81. The van der Waals surface area contributed by atoms with Gasteiger partial charge in [0.15, 0.2) is 0 Å². The summed E-state index contributed by atoms with van der Waals surface area (Å²) in [5, 5.41) is 0.513. The molecular formula is C15H16Cl2N4O4S2. The molecule has 0 unspecified atom stereocenters. The van der Waals surface area contributed by atoms with Crippen molar-refractivity contribution >= 4 is 55.8 Å². The molecule has 2 heterocycles. The molecule has 1 aromatic heterocycles. The van der Waals surface area contributed by atoms with Crippen LogP contribution < -0.4 is 4.72 Å². The number of amides is 1. The number of rotatable bonds is 6. The fourth-order valence-corrected chi connectivity index (χ4v) is 5.64. The van der Waals surface area contributed by atoms with Gasteiger partial charge in [-0.1, -0.05) is 23.2 Å². The molecule has 0 bridgehead atoms. The predicted molar refractivity (Wildman–Crippen MR) is 103 cm³/mol. The number of morpholine rings is 1. The highest BCUT2D eigenvalue weighted by molar-refractivity contribution is 7.93. The van der Waals surface area contributed by atoms with E-state index in [1.54, 1.807) is 11.8 Å². The van der Waals surface area contributed by atoms with E-state index in [9.17, 15) is 13.2 Å². The van der Waals surface area contributed by atoms with E-state index < -0.39 is 10.0 Å². The zero-order chi connectivity index (χ0) is 19.6. The van der Waals surface area contributed by atoms with E-state index in [2.05, 4.69) is 14.1 Å². The van der Waals surface area contributed by atoms with Crippen molar-refractivity contribution in [3.63, 3.8) is 0 Å². The lowest BCUT2D eigenvalue weighted by molar-refractivity contribution is -0.142. The van der Waals surface area contributed by atoms with Gasteiger partial charge in [-0.3, -0.25) is 9.52 Å². The fourth-order valence-electron chi connectivity index (χ4n) is 2.61. The number of carbonyl (C=O) groups is 1. The first-order valence-corrected chi connectivity index (χ1v) is 10.9. The number of ether oxygens (including phenoxy) is 1. The van der Waals surface area contributed by atoms with Crippen molar-refractivity contribution in [2.45, 2.75) is 18.2 Å². The third-order valence-electron chi connectivity index (χ3n) is 3.84. The molecular weight excluding hydrogens is 435 g/mol. The Labute approximate surface area is 170 Å². The molecule has 1 N–H and O–H groups in total. The number of halogens is 2. The number of sulfonamides is 1. The highest BCUT2D eigenvalue weighted by Gasteiger charge is 2.23.